The second-order valence-corrected chi connectivity index (χ2v) is 3.75. The second kappa shape index (κ2) is 6.53. The fourth-order valence-electron chi connectivity index (χ4n) is 1.37. The Bertz CT molecular complexity index is 275. The highest BCUT2D eigenvalue weighted by Gasteiger charge is 2.10. The molecule has 0 spiro atoms. The zero-order chi connectivity index (χ0) is 11.1. The Balaban J connectivity index is 2.38. The highest BCUT2D eigenvalue weighted by atomic mass is 16.5. The van der Waals surface area contributed by atoms with E-state index in [4.69, 9.17) is 14.9 Å². The first kappa shape index (κ1) is 12.1. The SMILES string of the molecule is COCC(C)Cc1nnc(CCCN)o1. The van der Waals surface area contributed by atoms with Gasteiger partial charge in [-0.3, -0.25) is 0 Å². The molecule has 2 N–H and O–H groups in total. The van der Waals surface area contributed by atoms with Crippen molar-refractivity contribution in [2.75, 3.05) is 20.3 Å². The number of nitrogens with zero attached hydrogens (tertiary/aromatic N) is 2. The van der Waals surface area contributed by atoms with Gasteiger partial charge in [-0.05, 0) is 18.9 Å². The van der Waals surface area contributed by atoms with E-state index < -0.39 is 0 Å². The van der Waals surface area contributed by atoms with E-state index in [1.807, 2.05) is 0 Å². The normalized spacial score (nSPS) is 13.0. The molecule has 0 amide bonds. The number of nitrogens with two attached hydrogens (primary N) is 1. The van der Waals surface area contributed by atoms with E-state index in [0.29, 0.717) is 30.9 Å². The lowest BCUT2D eigenvalue weighted by molar-refractivity contribution is 0.156. The molecule has 0 radical (unpaired) electrons. The number of aromatic nitrogens is 2. The first-order valence-electron chi connectivity index (χ1n) is 5.26. The van der Waals surface area contributed by atoms with Gasteiger partial charge in [-0.2, -0.15) is 0 Å². The lowest BCUT2D eigenvalue weighted by Gasteiger charge is -2.05. The Labute approximate surface area is 90.0 Å². The zero-order valence-corrected chi connectivity index (χ0v) is 9.40. The van der Waals surface area contributed by atoms with Crippen LogP contribution in [0.2, 0.25) is 0 Å². The van der Waals surface area contributed by atoms with Crippen LogP contribution in [-0.4, -0.2) is 30.5 Å². The average molecular weight is 213 g/mol. The molecule has 0 saturated carbocycles. The second-order valence-electron chi connectivity index (χ2n) is 3.75. The quantitative estimate of drug-likeness (QED) is 0.724. The van der Waals surface area contributed by atoms with Crippen LogP contribution in [0.4, 0.5) is 0 Å². The predicted octanol–water partition coefficient (Wildman–Crippen LogP) is 0.786. The summed E-state index contributed by atoms with van der Waals surface area (Å²) < 4.78 is 10.5. The topological polar surface area (TPSA) is 74.2 Å². The van der Waals surface area contributed by atoms with Gasteiger partial charge in [0.05, 0.1) is 0 Å². The van der Waals surface area contributed by atoms with Gasteiger partial charge in [0.25, 0.3) is 0 Å². The minimum atomic E-state index is 0.401. The summed E-state index contributed by atoms with van der Waals surface area (Å²) in [6, 6.07) is 0. The maximum atomic E-state index is 5.47. The summed E-state index contributed by atoms with van der Waals surface area (Å²) in [7, 11) is 1.69. The fraction of sp³-hybridized carbons (Fsp3) is 0.800. The molecule has 0 bridgehead atoms. The standard InChI is InChI=1S/C10H19N3O2/c1-8(7-14-2)6-10-13-12-9(15-10)4-3-5-11/h8H,3-7,11H2,1-2H3. The van der Waals surface area contributed by atoms with Crippen molar-refractivity contribution in [2.45, 2.75) is 26.2 Å². The largest absolute Gasteiger partial charge is 0.425 e. The number of rotatable bonds is 7. The molecule has 0 aliphatic heterocycles. The summed E-state index contributed by atoms with van der Waals surface area (Å²) in [5.74, 6) is 1.77. The van der Waals surface area contributed by atoms with Gasteiger partial charge in [0.15, 0.2) is 0 Å². The van der Waals surface area contributed by atoms with E-state index in [9.17, 15) is 0 Å². The summed E-state index contributed by atoms with van der Waals surface area (Å²) in [6.07, 6.45) is 2.42. The highest BCUT2D eigenvalue weighted by Crippen LogP contribution is 2.08. The van der Waals surface area contributed by atoms with Gasteiger partial charge >= 0.3 is 0 Å². The molecular weight excluding hydrogens is 194 g/mol. The monoisotopic (exact) mass is 213 g/mol. The minimum Gasteiger partial charge on any atom is -0.425 e. The first-order chi connectivity index (χ1) is 7.26. The summed E-state index contributed by atoms with van der Waals surface area (Å²) in [5.41, 5.74) is 5.40. The third-order valence-corrected chi connectivity index (χ3v) is 2.08. The smallest absolute Gasteiger partial charge is 0.216 e. The van der Waals surface area contributed by atoms with Crippen LogP contribution < -0.4 is 5.73 Å². The summed E-state index contributed by atoms with van der Waals surface area (Å²) in [6.45, 7) is 3.45. The van der Waals surface area contributed by atoms with E-state index in [2.05, 4.69) is 17.1 Å². The Hall–Kier alpha value is -0.940. The molecule has 0 aliphatic carbocycles. The minimum absolute atomic E-state index is 0.401. The maximum Gasteiger partial charge on any atom is 0.216 e. The van der Waals surface area contributed by atoms with Crippen LogP contribution in [0.1, 0.15) is 25.1 Å². The summed E-state index contributed by atoms with van der Waals surface area (Å²) >= 11 is 0. The molecule has 1 rings (SSSR count). The van der Waals surface area contributed by atoms with Crippen molar-refractivity contribution in [3.8, 4) is 0 Å². The van der Waals surface area contributed by atoms with Crippen LogP contribution in [0, 0.1) is 5.92 Å². The molecule has 86 valence electrons. The van der Waals surface area contributed by atoms with Crippen molar-refractivity contribution in [3.63, 3.8) is 0 Å². The molecule has 0 fully saturated rings. The summed E-state index contributed by atoms with van der Waals surface area (Å²) in [5, 5.41) is 7.93. The number of hydrogen-bond acceptors (Lipinski definition) is 5. The maximum absolute atomic E-state index is 5.47. The molecule has 15 heavy (non-hydrogen) atoms. The van der Waals surface area contributed by atoms with Crippen LogP contribution in [-0.2, 0) is 17.6 Å². The Morgan fingerprint density at radius 2 is 2.13 bits per heavy atom. The third kappa shape index (κ3) is 4.40. The van der Waals surface area contributed by atoms with Gasteiger partial charge in [-0.15, -0.1) is 10.2 Å². The van der Waals surface area contributed by atoms with Crippen LogP contribution >= 0.6 is 0 Å². The Morgan fingerprint density at radius 1 is 1.40 bits per heavy atom. The molecule has 1 atom stereocenters. The van der Waals surface area contributed by atoms with Gasteiger partial charge in [0, 0.05) is 26.6 Å². The lowest BCUT2D eigenvalue weighted by atomic mass is 10.1. The van der Waals surface area contributed by atoms with Gasteiger partial charge in [-0.1, -0.05) is 6.92 Å². The average Bonchev–Trinajstić information content (AvgIpc) is 2.63. The Morgan fingerprint density at radius 3 is 2.80 bits per heavy atom. The van der Waals surface area contributed by atoms with Crippen LogP contribution in [0.5, 0.6) is 0 Å². The number of aryl methyl sites for hydroxylation is 1. The predicted molar refractivity (Wildman–Crippen MR) is 56.4 cm³/mol. The molecule has 0 saturated heterocycles. The lowest BCUT2D eigenvalue weighted by Crippen LogP contribution is -2.07. The fourth-order valence-corrected chi connectivity index (χ4v) is 1.37. The van der Waals surface area contributed by atoms with E-state index >= 15 is 0 Å². The molecule has 1 heterocycles. The molecule has 1 unspecified atom stereocenters. The number of methoxy groups -OCH3 is 1. The van der Waals surface area contributed by atoms with Crippen molar-refractivity contribution in [2.24, 2.45) is 11.7 Å². The third-order valence-electron chi connectivity index (χ3n) is 2.08. The van der Waals surface area contributed by atoms with E-state index in [1.165, 1.54) is 0 Å². The molecular formula is C10H19N3O2. The van der Waals surface area contributed by atoms with Crippen LogP contribution in [0.3, 0.4) is 0 Å². The van der Waals surface area contributed by atoms with Crippen LogP contribution in [0.15, 0.2) is 4.42 Å². The molecule has 0 aromatic carbocycles. The van der Waals surface area contributed by atoms with Crippen LogP contribution in [0.25, 0.3) is 0 Å². The van der Waals surface area contributed by atoms with E-state index in [-0.39, 0.29) is 0 Å². The van der Waals surface area contributed by atoms with Gasteiger partial charge < -0.3 is 14.9 Å². The van der Waals surface area contributed by atoms with Crippen molar-refractivity contribution in [1.82, 2.24) is 10.2 Å². The molecule has 0 aliphatic rings. The van der Waals surface area contributed by atoms with Gasteiger partial charge in [0.1, 0.15) is 0 Å². The molecule has 5 nitrogen and oxygen atoms in total. The van der Waals surface area contributed by atoms with Gasteiger partial charge in [-0.25, -0.2) is 0 Å². The first-order valence-corrected chi connectivity index (χ1v) is 5.26. The number of ether oxygens (including phenoxy) is 1. The highest BCUT2D eigenvalue weighted by molar-refractivity contribution is 4.83. The van der Waals surface area contributed by atoms with E-state index in [1.54, 1.807) is 7.11 Å². The number of hydrogen-bond donors (Lipinski definition) is 1. The summed E-state index contributed by atoms with van der Waals surface area (Å²) in [4.78, 5) is 0. The Kier molecular flexibility index (Phi) is 5.28. The zero-order valence-electron chi connectivity index (χ0n) is 9.40. The van der Waals surface area contributed by atoms with Gasteiger partial charge in [0.2, 0.25) is 11.8 Å². The molecule has 5 heteroatoms. The van der Waals surface area contributed by atoms with Crippen molar-refractivity contribution in [3.05, 3.63) is 11.8 Å². The van der Waals surface area contributed by atoms with Crippen molar-refractivity contribution in [1.29, 1.82) is 0 Å². The molecule has 1 aromatic rings. The van der Waals surface area contributed by atoms with Crippen molar-refractivity contribution < 1.29 is 9.15 Å². The van der Waals surface area contributed by atoms with Crippen molar-refractivity contribution >= 4 is 0 Å². The molecule has 1 aromatic heterocycles. The van der Waals surface area contributed by atoms with E-state index in [0.717, 1.165) is 19.3 Å².